The molecule has 0 atom stereocenters. The molecule has 0 saturated heterocycles. The smallest absolute Gasteiger partial charge is 0.230 e. The predicted octanol–water partition coefficient (Wildman–Crippen LogP) is 5.72. The molecule has 1 amide bonds. The molecule has 4 rings (SSSR count). The molecule has 0 saturated carbocycles. The lowest BCUT2D eigenvalue weighted by atomic mass is 10.0. The lowest BCUT2D eigenvalue weighted by Gasteiger charge is -2.11. The van der Waals surface area contributed by atoms with Gasteiger partial charge in [-0.1, -0.05) is 35.9 Å². The Bertz CT molecular complexity index is 1270. The van der Waals surface area contributed by atoms with Crippen molar-refractivity contribution in [2.45, 2.75) is 41.0 Å². The van der Waals surface area contributed by atoms with Crippen LogP contribution in [0, 0.1) is 34.6 Å². The van der Waals surface area contributed by atoms with Gasteiger partial charge in [0.25, 0.3) is 0 Å². The molecule has 4 nitrogen and oxygen atoms in total. The Morgan fingerprint density at radius 2 is 1.70 bits per heavy atom. The van der Waals surface area contributed by atoms with Gasteiger partial charge in [0.2, 0.25) is 5.91 Å². The third-order valence-corrected chi connectivity index (χ3v) is 5.71. The summed E-state index contributed by atoms with van der Waals surface area (Å²) in [7, 11) is 0. The van der Waals surface area contributed by atoms with Gasteiger partial charge in [-0.2, -0.15) is 0 Å². The Morgan fingerprint density at radius 3 is 2.43 bits per heavy atom. The topological polar surface area (TPSA) is 46.4 Å². The van der Waals surface area contributed by atoms with Gasteiger partial charge in [-0.25, -0.2) is 4.98 Å². The van der Waals surface area contributed by atoms with Crippen LogP contribution in [0.4, 0.5) is 5.69 Å². The molecule has 0 aliphatic rings. The molecule has 0 fully saturated rings. The fourth-order valence-electron chi connectivity index (χ4n) is 3.84. The minimum absolute atomic E-state index is 0.0460. The summed E-state index contributed by atoms with van der Waals surface area (Å²) >= 11 is 0. The monoisotopic (exact) mass is 397 g/mol. The normalized spacial score (nSPS) is 11.1. The number of benzene rings is 2. The first-order chi connectivity index (χ1) is 14.3. The molecule has 0 aliphatic heterocycles. The molecule has 30 heavy (non-hydrogen) atoms. The van der Waals surface area contributed by atoms with Crippen LogP contribution in [0.3, 0.4) is 0 Å². The van der Waals surface area contributed by atoms with Crippen LogP contribution in [-0.4, -0.2) is 15.3 Å². The molecule has 2 aromatic heterocycles. The highest BCUT2D eigenvalue weighted by Gasteiger charge is 2.19. The second kappa shape index (κ2) is 7.79. The molecule has 0 spiro atoms. The van der Waals surface area contributed by atoms with Crippen molar-refractivity contribution in [3.05, 3.63) is 88.2 Å². The van der Waals surface area contributed by atoms with E-state index >= 15 is 0 Å². The van der Waals surface area contributed by atoms with Crippen molar-refractivity contribution >= 4 is 17.2 Å². The largest absolute Gasteiger partial charge is 0.326 e. The maximum atomic E-state index is 13.0. The SMILES string of the molecule is Cc1ccc(NC(=O)Cc2c(-c3ccc(C)c(C)c3)nc3c(C)cccn23)c(C)c1. The molecule has 2 heterocycles. The Hall–Kier alpha value is -3.40. The van der Waals surface area contributed by atoms with Gasteiger partial charge in [-0.15, -0.1) is 0 Å². The summed E-state index contributed by atoms with van der Waals surface area (Å²) < 4.78 is 2.04. The fourth-order valence-corrected chi connectivity index (χ4v) is 3.84. The molecule has 0 radical (unpaired) electrons. The number of pyridine rings is 1. The summed E-state index contributed by atoms with van der Waals surface area (Å²) in [4.78, 5) is 17.9. The average molecular weight is 398 g/mol. The number of hydrogen-bond acceptors (Lipinski definition) is 2. The molecule has 0 bridgehead atoms. The molecular formula is C26H27N3O. The van der Waals surface area contributed by atoms with Gasteiger partial charge >= 0.3 is 0 Å². The highest BCUT2D eigenvalue weighted by molar-refractivity contribution is 5.94. The van der Waals surface area contributed by atoms with Crippen LogP contribution in [-0.2, 0) is 11.2 Å². The predicted molar refractivity (Wildman–Crippen MR) is 123 cm³/mol. The van der Waals surface area contributed by atoms with Crippen molar-refractivity contribution in [2.24, 2.45) is 0 Å². The van der Waals surface area contributed by atoms with Crippen LogP contribution >= 0.6 is 0 Å². The standard InChI is InChI=1S/C26H27N3O/c1-16-8-11-22(20(5)13-16)27-24(30)15-23-25(21-10-9-17(2)19(4)14-21)28-26-18(3)7-6-12-29(23)26/h6-14H,15H2,1-5H3,(H,27,30). The van der Waals surface area contributed by atoms with E-state index in [1.165, 1.54) is 16.7 Å². The number of aromatic nitrogens is 2. The van der Waals surface area contributed by atoms with Gasteiger partial charge in [0.1, 0.15) is 5.65 Å². The number of fused-ring (bicyclic) bond motifs is 1. The maximum absolute atomic E-state index is 13.0. The summed E-state index contributed by atoms with van der Waals surface area (Å²) in [5.41, 5.74) is 10.3. The van der Waals surface area contributed by atoms with Gasteiger partial charge in [0, 0.05) is 17.4 Å². The zero-order chi connectivity index (χ0) is 21.4. The number of aryl methyl sites for hydroxylation is 5. The molecule has 2 aromatic carbocycles. The van der Waals surface area contributed by atoms with Gasteiger partial charge in [0.15, 0.2) is 0 Å². The number of amides is 1. The lowest BCUT2D eigenvalue weighted by molar-refractivity contribution is -0.115. The first-order valence-electron chi connectivity index (χ1n) is 10.2. The number of anilines is 1. The van der Waals surface area contributed by atoms with Crippen molar-refractivity contribution in [2.75, 3.05) is 5.32 Å². The first-order valence-corrected chi connectivity index (χ1v) is 10.2. The van der Waals surface area contributed by atoms with Crippen molar-refractivity contribution < 1.29 is 4.79 Å². The second-order valence-corrected chi connectivity index (χ2v) is 8.13. The molecule has 4 aromatic rings. The van der Waals surface area contributed by atoms with E-state index < -0.39 is 0 Å². The van der Waals surface area contributed by atoms with E-state index in [4.69, 9.17) is 4.98 Å². The number of hydrogen-bond donors (Lipinski definition) is 1. The number of carbonyl (C=O) groups is 1. The number of rotatable bonds is 4. The highest BCUT2D eigenvalue weighted by Crippen LogP contribution is 2.28. The van der Waals surface area contributed by atoms with Crippen LogP contribution in [0.15, 0.2) is 54.7 Å². The third kappa shape index (κ3) is 3.73. The van der Waals surface area contributed by atoms with Crippen molar-refractivity contribution in [3.63, 3.8) is 0 Å². The molecule has 152 valence electrons. The first kappa shape index (κ1) is 19.9. The summed E-state index contributed by atoms with van der Waals surface area (Å²) in [6, 6.07) is 16.5. The van der Waals surface area contributed by atoms with E-state index in [1.54, 1.807) is 0 Å². The van der Waals surface area contributed by atoms with Crippen molar-refractivity contribution in [3.8, 4) is 11.3 Å². The molecular weight excluding hydrogens is 370 g/mol. The van der Waals surface area contributed by atoms with Crippen LogP contribution in [0.1, 0.15) is 33.5 Å². The summed E-state index contributed by atoms with van der Waals surface area (Å²) in [5, 5.41) is 3.07. The molecule has 4 heteroatoms. The Labute approximate surface area is 177 Å². The molecule has 1 N–H and O–H groups in total. The van der Waals surface area contributed by atoms with E-state index in [2.05, 4.69) is 50.4 Å². The second-order valence-electron chi connectivity index (χ2n) is 8.13. The lowest BCUT2D eigenvalue weighted by Crippen LogP contribution is -2.16. The maximum Gasteiger partial charge on any atom is 0.230 e. The van der Waals surface area contributed by atoms with Crippen molar-refractivity contribution in [1.82, 2.24) is 9.38 Å². The molecule has 0 aliphatic carbocycles. The van der Waals surface area contributed by atoms with E-state index in [0.717, 1.165) is 39.4 Å². The van der Waals surface area contributed by atoms with Crippen LogP contribution in [0.2, 0.25) is 0 Å². The van der Waals surface area contributed by atoms with E-state index in [0.29, 0.717) is 0 Å². The Morgan fingerprint density at radius 1 is 0.900 bits per heavy atom. The van der Waals surface area contributed by atoms with Gasteiger partial charge in [-0.05, 0) is 75.1 Å². The summed E-state index contributed by atoms with van der Waals surface area (Å²) in [6.45, 7) is 10.3. The quantitative estimate of drug-likeness (QED) is 0.478. The number of nitrogens with one attached hydrogen (secondary N) is 1. The van der Waals surface area contributed by atoms with Crippen LogP contribution in [0.5, 0.6) is 0 Å². The number of carbonyl (C=O) groups excluding carboxylic acids is 1. The summed E-state index contributed by atoms with van der Waals surface area (Å²) in [6.07, 6.45) is 2.24. The van der Waals surface area contributed by atoms with E-state index in [9.17, 15) is 4.79 Å². The average Bonchev–Trinajstić information content (AvgIpc) is 3.06. The number of nitrogens with zero attached hydrogens (tertiary/aromatic N) is 2. The molecule has 0 unspecified atom stereocenters. The minimum atomic E-state index is -0.0460. The fraction of sp³-hybridized carbons (Fsp3) is 0.231. The van der Waals surface area contributed by atoms with Crippen molar-refractivity contribution in [1.29, 1.82) is 0 Å². The van der Waals surface area contributed by atoms with Crippen LogP contribution < -0.4 is 5.32 Å². The van der Waals surface area contributed by atoms with Gasteiger partial charge in [0.05, 0.1) is 17.8 Å². The minimum Gasteiger partial charge on any atom is -0.326 e. The zero-order valence-corrected chi connectivity index (χ0v) is 18.2. The number of imidazole rings is 1. The Kier molecular flexibility index (Phi) is 5.17. The zero-order valence-electron chi connectivity index (χ0n) is 18.2. The van der Waals surface area contributed by atoms with Gasteiger partial charge in [-0.3, -0.25) is 4.79 Å². The summed E-state index contributed by atoms with van der Waals surface area (Å²) in [5.74, 6) is -0.0460. The van der Waals surface area contributed by atoms with Gasteiger partial charge < -0.3 is 9.72 Å². The van der Waals surface area contributed by atoms with E-state index in [-0.39, 0.29) is 12.3 Å². The third-order valence-electron chi connectivity index (χ3n) is 5.71. The van der Waals surface area contributed by atoms with E-state index in [1.807, 2.05) is 48.7 Å². The Balaban J connectivity index is 1.76. The highest BCUT2D eigenvalue weighted by atomic mass is 16.1. The van der Waals surface area contributed by atoms with Crippen LogP contribution in [0.25, 0.3) is 16.9 Å².